The van der Waals surface area contributed by atoms with Crippen LogP contribution in [0, 0.1) is 5.92 Å². The molecule has 1 aromatic carbocycles. The van der Waals surface area contributed by atoms with Crippen molar-refractivity contribution in [1.82, 2.24) is 5.32 Å². The number of anilines is 1. The van der Waals surface area contributed by atoms with Gasteiger partial charge in [-0.3, -0.25) is 4.79 Å². The highest BCUT2D eigenvalue weighted by molar-refractivity contribution is 5.96. The first-order valence-corrected chi connectivity index (χ1v) is 9.19. The highest BCUT2D eigenvalue weighted by atomic mass is 16.7. The van der Waals surface area contributed by atoms with E-state index in [1.165, 1.54) is 18.4 Å². The number of amides is 1. The maximum atomic E-state index is 12.5. The van der Waals surface area contributed by atoms with Gasteiger partial charge in [-0.25, -0.2) is 0 Å². The first kappa shape index (κ1) is 16.1. The summed E-state index contributed by atoms with van der Waals surface area (Å²) in [5, 5.41) is 3.41. The fourth-order valence-corrected chi connectivity index (χ4v) is 4.10. The average Bonchev–Trinajstić information content (AvgIpc) is 3.15. The summed E-state index contributed by atoms with van der Waals surface area (Å²) in [6, 6.07) is 6.18. The minimum atomic E-state index is -0.264. The molecular weight excluding hydrogens is 304 g/mol. The standard InChI is InChI=1S/C19H26N2O3/c22-18-5-4-15-16(19-23-12-13-24-19)2-1-3-17(15)21(18)11-8-14-6-9-20-10-7-14/h1-3,14,19-20H,4-13H2. The zero-order valence-corrected chi connectivity index (χ0v) is 14.1. The molecule has 3 heterocycles. The van der Waals surface area contributed by atoms with Crippen molar-refractivity contribution in [2.45, 2.75) is 38.4 Å². The van der Waals surface area contributed by atoms with Gasteiger partial charge in [-0.15, -0.1) is 0 Å². The van der Waals surface area contributed by atoms with Gasteiger partial charge in [0.05, 0.1) is 13.2 Å². The Hall–Kier alpha value is -1.43. The van der Waals surface area contributed by atoms with Crippen molar-refractivity contribution in [2.75, 3.05) is 37.7 Å². The number of nitrogens with zero attached hydrogens (tertiary/aromatic N) is 1. The van der Waals surface area contributed by atoms with Crippen molar-refractivity contribution in [3.8, 4) is 0 Å². The van der Waals surface area contributed by atoms with E-state index in [-0.39, 0.29) is 12.2 Å². The Labute approximate surface area is 143 Å². The Kier molecular flexibility index (Phi) is 4.83. The van der Waals surface area contributed by atoms with Crippen molar-refractivity contribution < 1.29 is 14.3 Å². The molecule has 0 aliphatic carbocycles. The molecule has 0 bridgehead atoms. The molecule has 4 rings (SSSR count). The molecule has 3 aliphatic heterocycles. The minimum Gasteiger partial charge on any atom is -0.346 e. The molecule has 5 nitrogen and oxygen atoms in total. The molecule has 2 saturated heterocycles. The van der Waals surface area contributed by atoms with Crippen LogP contribution in [0.2, 0.25) is 0 Å². The lowest BCUT2D eigenvalue weighted by atomic mass is 9.92. The third-order valence-electron chi connectivity index (χ3n) is 5.46. The van der Waals surface area contributed by atoms with Crippen LogP contribution in [0.25, 0.3) is 0 Å². The Bertz CT molecular complexity index is 592. The zero-order chi connectivity index (χ0) is 16.4. The number of rotatable bonds is 4. The lowest BCUT2D eigenvalue weighted by Gasteiger charge is -2.33. The Morgan fingerprint density at radius 1 is 1.12 bits per heavy atom. The van der Waals surface area contributed by atoms with Crippen molar-refractivity contribution in [3.05, 3.63) is 29.3 Å². The smallest absolute Gasteiger partial charge is 0.227 e. The van der Waals surface area contributed by atoms with Crippen LogP contribution in [0.4, 0.5) is 5.69 Å². The van der Waals surface area contributed by atoms with E-state index in [1.807, 2.05) is 11.0 Å². The fourth-order valence-electron chi connectivity index (χ4n) is 4.10. The van der Waals surface area contributed by atoms with Gasteiger partial charge in [0.2, 0.25) is 5.91 Å². The number of hydrogen-bond acceptors (Lipinski definition) is 4. The van der Waals surface area contributed by atoms with E-state index >= 15 is 0 Å². The van der Waals surface area contributed by atoms with Gasteiger partial charge in [0.25, 0.3) is 0 Å². The summed E-state index contributed by atoms with van der Waals surface area (Å²) in [4.78, 5) is 14.5. The summed E-state index contributed by atoms with van der Waals surface area (Å²) in [5.41, 5.74) is 3.40. The maximum absolute atomic E-state index is 12.5. The third-order valence-corrected chi connectivity index (χ3v) is 5.46. The second-order valence-corrected chi connectivity index (χ2v) is 6.95. The molecule has 24 heavy (non-hydrogen) atoms. The number of nitrogens with one attached hydrogen (secondary N) is 1. The molecular formula is C19H26N2O3. The van der Waals surface area contributed by atoms with E-state index in [0.29, 0.717) is 19.6 Å². The van der Waals surface area contributed by atoms with E-state index in [0.717, 1.165) is 49.6 Å². The van der Waals surface area contributed by atoms with Crippen LogP contribution in [0.3, 0.4) is 0 Å². The maximum Gasteiger partial charge on any atom is 0.227 e. The summed E-state index contributed by atoms with van der Waals surface area (Å²) in [6.07, 6.45) is 4.64. The van der Waals surface area contributed by atoms with E-state index < -0.39 is 0 Å². The largest absolute Gasteiger partial charge is 0.346 e. The number of carbonyl (C=O) groups is 1. The average molecular weight is 330 g/mol. The lowest BCUT2D eigenvalue weighted by molar-refractivity contribution is -0.119. The molecule has 1 aromatic rings. The molecule has 0 saturated carbocycles. The topological polar surface area (TPSA) is 50.8 Å². The SMILES string of the molecule is O=C1CCc2c(C3OCCO3)cccc2N1CCC1CCNCC1. The molecule has 0 radical (unpaired) electrons. The van der Waals surface area contributed by atoms with Gasteiger partial charge in [-0.2, -0.15) is 0 Å². The first-order chi connectivity index (χ1) is 11.8. The first-order valence-electron chi connectivity index (χ1n) is 9.19. The summed E-state index contributed by atoms with van der Waals surface area (Å²) in [5.74, 6) is 0.982. The molecule has 0 atom stereocenters. The molecule has 130 valence electrons. The van der Waals surface area contributed by atoms with Gasteiger partial charge in [0.1, 0.15) is 0 Å². The van der Waals surface area contributed by atoms with Gasteiger partial charge in [0.15, 0.2) is 6.29 Å². The number of piperidine rings is 1. The molecule has 1 N–H and O–H groups in total. The number of fused-ring (bicyclic) bond motifs is 1. The fraction of sp³-hybridized carbons (Fsp3) is 0.632. The summed E-state index contributed by atoms with van der Waals surface area (Å²) in [6.45, 7) is 4.33. The molecule has 2 fully saturated rings. The molecule has 3 aliphatic rings. The number of benzene rings is 1. The van der Waals surface area contributed by atoms with Crippen LogP contribution >= 0.6 is 0 Å². The molecule has 0 spiro atoms. The molecule has 0 unspecified atom stereocenters. The van der Waals surface area contributed by atoms with Crippen LogP contribution in [-0.2, 0) is 20.7 Å². The summed E-state index contributed by atoms with van der Waals surface area (Å²) >= 11 is 0. The van der Waals surface area contributed by atoms with E-state index in [9.17, 15) is 4.79 Å². The Morgan fingerprint density at radius 2 is 1.92 bits per heavy atom. The highest BCUT2D eigenvalue weighted by Crippen LogP contribution is 2.36. The highest BCUT2D eigenvalue weighted by Gasteiger charge is 2.30. The lowest BCUT2D eigenvalue weighted by Crippen LogP contribution is -2.38. The summed E-state index contributed by atoms with van der Waals surface area (Å²) < 4.78 is 11.4. The zero-order valence-electron chi connectivity index (χ0n) is 14.1. The third kappa shape index (κ3) is 3.21. The van der Waals surface area contributed by atoms with Gasteiger partial charge < -0.3 is 19.7 Å². The van der Waals surface area contributed by atoms with Crippen LogP contribution in [0.1, 0.15) is 43.1 Å². The number of hydrogen-bond donors (Lipinski definition) is 1. The van der Waals surface area contributed by atoms with E-state index in [1.54, 1.807) is 0 Å². The van der Waals surface area contributed by atoms with Crippen LogP contribution in [0.5, 0.6) is 0 Å². The normalized spacial score (nSPS) is 22.8. The van der Waals surface area contributed by atoms with Gasteiger partial charge in [-0.05, 0) is 56.3 Å². The van der Waals surface area contributed by atoms with Crippen LogP contribution in [-0.4, -0.2) is 38.8 Å². The van der Waals surface area contributed by atoms with Gasteiger partial charge in [-0.1, -0.05) is 12.1 Å². The molecule has 5 heteroatoms. The minimum absolute atomic E-state index is 0.252. The van der Waals surface area contributed by atoms with Crippen LogP contribution < -0.4 is 10.2 Å². The number of ether oxygens (including phenoxy) is 2. The van der Waals surface area contributed by atoms with E-state index in [4.69, 9.17) is 9.47 Å². The Balaban J connectivity index is 1.53. The molecule has 0 aromatic heterocycles. The van der Waals surface area contributed by atoms with Crippen molar-refractivity contribution in [3.63, 3.8) is 0 Å². The quantitative estimate of drug-likeness (QED) is 0.921. The predicted molar refractivity (Wildman–Crippen MR) is 92.0 cm³/mol. The monoisotopic (exact) mass is 330 g/mol. The second-order valence-electron chi connectivity index (χ2n) is 6.95. The van der Waals surface area contributed by atoms with Crippen LogP contribution in [0.15, 0.2) is 18.2 Å². The Morgan fingerprint density at radius 3 is 2.71 bits per heavy atom. The van der Waals surface area contributed by atoms with Gasteiger partial charge >= 0.3 is 0 Å². The molecule has 1 amide bonds. The van der Waals surface area contributed by atoms with Crippen molar-refractivity contribution >= 4 is 11.6 Å². The predicted octanol–water partition coefficient (Wildman–Crippen LogP) is 2.40. The van der Waals surface area contributed by atoms with Crippen molar-refractivity contribution in [1.29, 1.82) is 0 Å². The van der Waals surface area contributed by atoms with E-state index in [2.05, 4.69) is 17.4 Å². The number of carbonyl (C=O) groups excluding carboxylic acids is 1. The van der Waals surface area contributed by atoms with Crippen molar-refractivity contribution in [2.24, 2.45) is 5.92 Å². The second kappa shape index (κ2) is 7.21. The summed E-state index contributed by atoms with van der Waals surface area (Å²) in [7, 11) is 0. The van der Waals surface area contributed by atoms with Gasteiger partial charge in [0, 0.05) is 24.2 Å².